The fourth-order valence-corrected chi connectivity index (χ4v) is 7.20. The minimum atomic E-state index is -0.0991. The lowest BCUT2D eigenvalue weighted by Crippen LogP contribution is -2.07. The Morgan fingerprint density at radius 2 is 0.885 bits per heavy atom. The number of rotatable bonds is 5. The molecule has 0 bridgehead atoms. The molecular formula is C43H27N7O2. The van der Waals surface area contributed by atoms with Gasteiger partial charge in [0.05, 0.1) is 40.1 Å². The van der Waals surface area contributed by atoms with E-state index >= 15 is 0 Å². The fourth-order valence-electron chi connectivity index (χ4n) is 7.20. The normalized spacial score (nSPS) is 11.6. The van der Waals surface area contributed by atoms with E-state index in [4.69, 9.17) is 15.0 Å². The minimum absolute atomic E-state index is 0.0991. The number of phenolic OH excluding ortho intramolecular Hbond substituents is 2. The lowest BCUT2D eigenvalue weighted by atomic mass is 10.1. The van der Waals surface area contributed by atoms with Gasteiger partial charge < -0.3 is 14.8 Å². The standard InChI is InChI=1S/C43H27N7O2/c51-35-20-11-21-36(52)37(35)42-44-24-28(25-45-42)49-33-18-9-7-16-29(33)31-22-23-32-30-17-8-10-19-34(30)50(39(32)38(31)49)43-47-40(26-12-3-1-4-13-26)46-41(48-43)27-14-5-2-6-15-27/h1-25,51-52H. The molecule has 0 saturated heterocycles. The smallest absolute Gasteiger partial charge is 0.238 e. The molecule has 0 aliphatic rings. The van der Waals surface area contributed by atoms with Gasteiger partial charge in [-0.25, -0.2) is 15.0 Å². The number of benzene rings is 6. The first-order chi connectivity index (χ1) is 25.6. The van der Waals surface area contributed by atoms with E-state index in [1.54, 1.807) is 18.5 Å². The molecule has 6 aromatic carbocycles. The Balaban J connectivity index is 1.31. The summed E-state index contributed by atoms with van der Waals surface area (Å²) in [6, 6.07) is 45.4. The van der Waals surface area contributed by atoms with Crippen LogP contribution in [0.5, 0.6) is 11.5 Å². The summed E-state index contributed by atoms with van der Waals surface area (Å²) in [7, 11) is 0. The number of fused-ring (bicyclic) bond motifs is 7. The quantitative estimate of drug-likeness (QED) is 0.187. The van der Waals surface area contributed by atoms with Crippen LogP contribution < -0.4 is 0 Å². The van der Waals surface area contributed by atoms with Crippen molar-refractivity contribution in [3.63, 3.8) is 0 Å². The second-order valence-corrected chi connectivity index (χ2v) is 12.5. The van der Waals surface area contributed by atoms with Crippen LogP contribution in [0, 0.1) is 0 Å². The van der Waals surface area contributed by atoms with Crippen LogP contribution in [0.15, 0.2) is 152 Å². The third-order valence-corrected chi connectivity index (χ3v) is 9.50. The average Bonchev–Trinajstić information content (AvgIpc) is 3.72. The predicted octanol–water partition coefficient (Wildman–Crippen LogP) is 9.27. The Labute approximate surface area is 296 Å². The van der Waals surface area contributed by atoms with Crippen molar-refractivity contribution >= 4 is 43.6 Å². The Morgan fingerprint density at radius 3 is 1.44 bits per heavy atom. The molecule has 0 aliphatic heterocycles. The molecule has 246 valence electrons. The topological polar surface area (TPSA) is 115 Å². The van der Waals surface area contributed by atoms with Gasteiger partial charge >= 0.3 is 0 Å². The first-order valence-corrected chi connectivity index (χ1v) is 16.8. The highest BCUT2D eigenvalue weighted by Crippen LogP contribution is 2.42. The highest BCUT2D eigenvalue weighted by molar-refractivity contribution is 6.23. The van der Waals surface area contributed by atoms with Gasteiger partial charge in [-0.05, 0) is 24.3 Å². The Kier molecular flexibility index (Phi) is 6.59. The largest absolute Gasteiger partial charge is 0.507 e. The van der Waals surface area contributed by atoms with E-state index in [1.807, 2.05) is 84.9 Å². The minimum Gasteiger partial charge on any atom is -0.507 e. The molecule has 0 atom stereocenters. The van der Waals surface area contributed by atoms with Gasteiger partial charge in [-0.15, -0.1) is 0 Å². The molecule has 10 rings (SSSR count). The lowest BCUT2D eigenvalue weighted by molar-refractivity contribution is 0.453. The molecule has 9 nitrogen and oxygen atoms in total. The number of hydrogen-bond donors (Lipinski definition) is 2. The fraction of sp³-hybridized carbons (Fsp3) is 0. The Hall–Kier alpha value is -7.39. The van der Waals surface area contributed by atoms with Crippen LogP contribution in [0.2, 0.25) is 0 Å². The number of nitrogens with zero attached hydrogens (tertiary/aromatic N) is 7. The molecule has 0 saturated carbocycles. The molecule has 9 heteroatoms. The molecule has 10 aromatic rings. The molecular weight excluding hydrogens is 647 g/mol. The van der Waals surface area contributed by atoms with E-state index in [0.717, 1.165) is 54.7 Å². The molecule has 2 N–H and O–H groups in total. The molecule has 0 amide bonds. The van der Waals surface area contributed by atoms with E-state index in [-0.39, 0.29) is 22.9 Å². The average molecular weight is 674 g/mol. The van der Waals surface area contributed by atoms with Crippen molar-refractivity contribution < 1.29 is 10.2 Å². The molecule has 0 unspecified atom stereocenters. The lowest BCUT2D eigenvalue weighted by Gasteiger charge is -2.13. The van der Waals surface area contributed by atoms with Crippen LogP contribution in [0.3, 0.4) is 0 Å². The van der Waals surface area contributed by atoms with Crippen LogP contribution in [-0.2, 0) is 0 Å². The number of para-hydroxylation sites is 2. The second-order valence-electron chi connectivity index (χ2n) is 12.5. The molecule has 4 aromatic heterocycles. The van der Waals surface area contributed by atoms with Gasteiger partial charge in [-0.2, -0.15) is 9.97 Å². The van der Waals surface area contributed by atoms with Crippen LogP contribution in [0.25, 0.3) is 89.4 Å². The van der Waals surface area contributed by atoms with Crippen LogP contribution in [0.1, 0.15) is 0 Å². The van der Waals surface area contributed by atoms with Crippen molar-refractivity contribution in [3.8, 4) is 57.3 Å². The highest BCUT2D eigenvalue weighted by atomic mass is 16.3. The van der Waals surface area contributed by atoms with E-state index in [1.165, 1.54) is 12.1 Å². The van der Waals surface area contributed by atoms with Crippen LogP contribution >= 0.6 is 0 Å². The van der Waals surface area contributed by atoms with E-state index in [0.29, 0.717) is 23.3 Å². The van der Waals surface area contributed by atoms with Gasteiger partial charge in [-0.3, -0.25) is 4.57 Å². The van der Waals surface area contributed by atoms with Gasteiger partial charge in [0.15, 0.2) is 17.5 Å². The number of phenols is 2. The summed E-state index contributed by atoms with van der Waals surface area (Å²) in [6.45, 7) is 0. The summed E-state index contributed by atoms with van der Waals surface area (Å²) in [5.74, 6) is 1.64. The highest BCUT2D eigenvalue weighted by Gasteiger charge is 2.24. The molecule has 0 aliphatic carbocycles. The molecule has 4 heterocycles. The monoisotopic (exact) mass is 673 g/mol. The third-order valence-electron chi connectivity index (χ3n) is 9.50. The molecule has 52 heavy (non-hydrogen) atoms. The predicted molar refractivity (Wildman–Crippen MR) is 204 cm³/mol. The van der Waals surface area contributed by atoms with Gasteiger partial charge in [0.1, 0.15) is 17.1 Å². The summed E-state index contributed by atoms with van der Waals surface area (Å²) in [5.41, 5.74) is 6.42. The van der Waals surface area contributed by atoms with Crippen molar-refractivity contribution in [1.82, 2.24) is 34.1 Å². The maximum Gasteiger partial charge on any atom is 0.238 e. The number of aromatic nitrogens is 7. The maximum absolute atomic E-state index is 10.5. The summed E-state index contributed by atoms with van der Waals surface area (Å²) in [6.07, 6.45) is 3.44. The van der Waals surface area contributed by atoms with Crippen molar-refractivity contribution in [2.24, 2.45) is 0 Å². The summed E-state index contributed by atoms with van der Waals surface area (Å²) in [4.78, 5) is 24.6. The maximum atomic E-state index is 10.5. The SMILES string of the molecule is Oc1cccc(O)c1-c1ncc(-n2c3ccccc3c3ccc4c5ccccc5n(-c5nc(-c6ccccc6)nc(-c6ccccc6)n5)c4c32)cn1. The molecule has 0 spiro atoms. The van der Waals surface area contributed by atoms with Crippen molar-refractivity contribution in [2.75, 3.05) is 0 Å². The van der Waals surface area contributed by atoms with Gasteiger partial charge in [-0.1, -0.05) is 115 Å². The zero-order chi connectivity index (χ0) is 34.8. The Bertz CT molecular complexity index is 2900. The van der Waals surface area contributed by atoms with E-state index in [9.17, 15) is 10.2 Å². The summed E-state index contributed by atoms with van der Waals surface area (Å²) >= 11 is 0. The van der Waals surface area contributed by atoms with Gasteiger partial charge in [0.2, 0.25) is 5.95 Å². The zero-order valence-corrected chi connectivity index (χ0v) is 27.5. The number of hydrogen-bond acceptors (Lipinski definition) is 7. The Morgan fingerprint density at radius 1 is 0.404 bits per heavy atom. The van der Waals surface area contributed by atoms with E-state index < -0.39 is 0 Å². The third kappa shape index (κ3) is 4.53. The molecule has 0 radical (unpaired) electrons. The van der Waals surface area contributed by atoms with Crippen molar-refractivity contribution in [3.05, 3.63) is 152 Å². The van der Waals surface area contributed by atoms with Gasteiger partial charge in [0, 0.05) is 32.7 Å². The number of aromatic hydroxyl groups is 2. The van der Waals surface area contributed by atoms with Crippen LogP contribution in [-0.4, -0.2) is 44.3 Å². The first-order valence-electron chi connectivity index (χ1n) is 16.8. The first kappa shape index (κ1) is 29.5. The van der Waals surface area contributed by atoms with Crippen molar-refractivity contribution in [1.29, 1.82) is 0 Å². The van der Waals surface area contributed by atoms with E-state index in [2.05, 4.69) is 55.5 Å². The molecule has 0 fully saturated rings. The van der Waals surface area contributed by atoms with Gasteiger partial charge in [0.25, 0.3) is 0 Å². The van der Waals surface area contributed by atoms with Crippen LogP contribution in [0.4, 0.5) is 0 Å². The van der Waals surface area contributed by atoms with Crippen molar-refractivity contribution in [2.45, 2.75) is 0 Å². The zero-order valence-electron chi connectivity index (χ0n) is 27.5. The summed E-state index contributed by atoms with van der Waals surface area (Å²) < 4.78 is 4.30. The summed E-state index contributed by atoms with van der Waals surface area (Å²) in [5, 5.41) is 25.2. The second kappa shape index (κ2) is 11.6.